The van der Waals surface area contributed by atoms with Gasteiger partial charge in [0.15, 0.2) is 0 Å². The predicted molar refractivity (Wildman–Crippen MR) is 62.7 cm³/mol. The van der Waals surface area contributed by atoms with Crippen molar-refractivity contribution in [2.75, 3.05) is 26.2 Å². The molecular formula is C12H26N2. The minimum atomic E-state index is 0.341. The monoisotopic (exact) mass is 198 g/mol. The second-order valence-corrected chi connectivity index (χ2v) is 5.31. The van der Waals surface area contributed by atoms with Crippen molar-refractivity contribution < 1.29 is 0 Å². The summed E-state index contributed by atoms with van der Waals surface area (Å²) in [6.07, 6.45) is 1.28. The number of hydrogen-bond donors (Lipinski definition) is 0. The molecule has 0 saturated carbocycles. The molecule has 0 aromatic rings. The smallest absolute Gasteiger partial charge is 0.0221 e. The summed E-state index contributed by atoms with van der Waals surface area (Å²) in [6, 6.07) is 0.771. The van der Waals surface area contributed by atoms with E-state index in [2.05, 4.69) is 44.4 Å². The highest BCUT2D eigenvalue weighted by molar-refractivity contribution is 4.86. The van der Waals surface area contributed by atoms with E-state index in [1.54, 1.807) is 0 Å². The summed E-state index contributed by atoms with van der Waals surface area (Å²) in [7, 11) is 0. The minimum absolute atomic E-state index is 0.341. The fourth-order valence-corrected chi connectivity index (χ4v) is 2.31. The van der Waals surface area contributed by atoms with Crippen molar-refractivity contribution in [3.8, 4) is 0 Å². The van der Waals surface area contributed by atoms with Gasteiger partial charge in [0.1, 0.15) is 0 Å². The maximum absolute atomic E-state index is 2.62. The zero-order valence-corrected chi connectivity index (χ0v) is 10.5. The number of hydrogen-bond acceptors (Lipinski definition) is 2. The molecule has 0 amide bonds. The second kappa shape index (κ2) is 4.63. The zero-order valence-electron chi connectivity index (χ0n) is 10.5. The molecule has 0 radical (unpaired) electrons. The summed E-state index contributed by atoms with van der Waals surface area (Å²) in [4.78, 5) is 5.23. The van der Waals surface area contributed by atoms with Crippen LogP contribution >= 0.6 is 0 Å². The molecular weight excluding hydrogens is 172 g/mol. The molecule has 14 heavy (non-hydrogen) atoms. The Hall–Kier alpha value is -0.0800. The average Bonchev–Trinajstić information content (AvgIpc) is 2.15. The van der Waals surface area contributed by atoms with E-state index >= 15 is 0 Å². The number of likely N-dealkylation sites (N-methyl/N-ethyl adjacent to an activating group) is 1. The van der Waals surface area contributed by atoms with Gasteiger partial charge in [-0.1, -0.05) is 13.8 Å². The lowest BCUT2D eigenvalue weighted by atomic mass is 10.0. The van der Waals surface area contributed by atoms with E-state index in [4.69, 9.17) is 0 Å². The van der Waals surface area contributed by atoms with Crippen LogP contribution in [0.25, 0.3) is 0 Å². The Morgan fingerprint density at radius 3 is 2.21 bits per heavy atom. The Balaban J connectivity index is 2.57. The van der Waals surface area contributed by atoms with E-state index in [1.165, 1.54) is 32.6 Å². The molecule has 0 N–H and O–H groups in total. The molecule has 84 valence electrons. The van der Waals surface area contributed by atoms with Crippen molar-refractivity contribution in [2.45, 2.75) is 52.6 Å². The molecule has 1 aliphatic heterocycles. The molecule has 0 aliphatic carbocycles. The number of piperazine rings is 1. The molecule has 2 heteroatoms. The van der Waals surface area contributed by atoms with Gasteiger partial charge < -0.3 is 0 Å². The normalized spacial score (nSPS) is 26.8. The molecule has 1 atom stereocenters. The van der Waals surface area contributed by atoms with Gasteiger partial charge in [0.05, 0.1) is 0 Å². The molecule has 1 heterocycles. The number of rotatable bonds is 2. The first-order valence-electron chi connectivity index (χ1n) is 5.98. The van der Waals surface area contributed by atoms with Gasteiger partial charge >= 0.3 is 0 Å². The Labute approximate surface area is 89.3 Å². The topological polar surface area (TPSA) is 6.48 Å². The summed E-state index contributed by atoms with van der Waals surface area (Å²) in [5, 5.41) is 0. The first-order valence-corrected chi connectivity index (χ1v) is 5.98. The lowest BCUT2D eigenvalue weighted by Gasteiger charge is -2.46. The van der Waals surface area contributed by atoms with Crippen LogP contribution in [0.15, 0.2) is 0 Å². The van der Waals surface area contributed by atoms with Gasteiger partial charge in [-0.25, -0.2) is 0 Å². The van der Waals surface area contributed by atoms with Crippen molar-refractivity contribution in [2.24, 2.45) is 0 Å². The third-order valence-electron chi connectivity index (χ3n) is 3.43. The van der Waals surface area contributed by atoms with Crippen LogP contribution in [0.4, 0.5) is 0 Å². The third-order valence-corrected chi connectivity index (χ3v) is 3.43. The highest BCUT2D eigenvalue weighted by Crippen LogP contribution is 2.20. The molecule has 1 fully saturated rings. The standard InChI is InChI=1S/C12H26N2/c1-6-11-10-14(12(3,4)5)9-8-13(11)7-2/h11H,6-10H2,1-5H3. The molecule has 0 aromatic carbocycles. The zero-order chi connectivity index (χ0) is 10.8. The van der Waals surface area contributed by atoms with Crippen LogP contribution in [0.2, 0.25) is 0 Å². The molecule has 0 spiro atoms. The molecule has 1 aliphatic rings. The second-order valence-electron chi connectivity index (χ2n) is 5.31. The average molecular weight is 198 g/mol. The van der Waals surface area contributed by atoms with Gasteiger partial charge in [0, 0.05) is 31.2 Å². The van der Waals surface area contributed by atoms with Gasteiger partial charge in [-0.3, -0.25) is 9.80 Å². The van der Waals surface area contributed by atoms with Gasteiger partial charge in [-0.15, -0.1) is 0 Å². The van der Waals surface area contributed by atoms with E-state index in [-0.39, 0.29) is 0 Å². The van der Waals surface area contributed by atoms with E-state index in [0.717, 1.165) is 6.04 Å². The molecule has 1 saturated heterocycles. The Morgan fingerprint density at radius 1 is 1.14 bits per heavy atom. The van der Waals surface area contributed by atoms with E-state index in [9.17, 15) is 0 Å². The van der Waals surface area contributed by atoms with Crippen LogP contribution in [0.3, 0.4) is 0 Å². The van der Waals surface area contributed by atoms with Crippen LogP contribution in [-0.4, -0.2) is 47.6 Å². The highest BCUT2D eigenvalue weighted by atomic mass is 15.3. The van der Waals surface area contributed by atoms with Crippen LogP contribution in [0, 0.1) is 0 Å². The van der Waals surface area contributed by atoms with Crippen LogP contribution in [0.1, 0.15) is 41.0 Å². The molecule has 0 bridgehead atoms. The van der Waals surface area contributed by atoms with Crippen molar-refractivity contribution >= 4 is 0 Å². The van der Waals surface area contributed by atoms with E-state index < -0.39 is 0 Å². The molecule has 1 rings (SSSR count). The quantitative estimate of drug-likeness (QED) is 0.671. The first kappa shape index (κ1) is 12.0. The lowest BCUT2D eigenvalue weighted by Crippen LogP contribution is -2.57. The summed E-state index contributed by atoms with van der Waals surface area (Å²) in [5.41, 5.74) is 0.341. The Morgan fingerprint density at radius 2 is 1.79 bits per heavy atom. The van der Waals surface area contributed by atoms with Crippen molar-refractivity contribution in [3.63, 3.8) is 0 Å². The minimum Gasteiger partial charge on any atom is -0.298 e. The van der Waals surface area contributed by atoms with Gasteiger partial charge in [0.25, 0.3) is 0 Å². The fraction of sp³-hybridized carbons (Fsp3) is 1.00. The van der Waals surface area contributed by atoms with Gasteiger partial charge in [-0.2, -0.15) is 0 Å². The Kier molecular flexibility index (Phi) is 3.96. The van der Waals surface area contributed by atoms with Gasteiger partial charge in [-0.05, 0) is 33.7 Å². The summed E-state index contributed by atoms with van der Waals surface area (Å²) in [6.45, 7) is 16.5. The third kappa shape index (κ3) is 2.71. The van der Waals surface area contributed by atoms with Crippen molar-refractivity contribution in [1.82, 2.24) is 9.80 Å². The predicted octanol–water partition coefficient (Wildman–Crippen LogP) is 2.20. The van der Waals surface area contributed by atoms with E-state index in [0.29, 0.717) is 5.54 Å². The summed E-state index contributed by atoms with van der Waals surface area (Å²) < 4.78 is 0. The number of nitrogens with zero attached hydrogens (tertiary/aromatic N) is 2. The van der Waals surface area contributed by atoms with Crippen LogP contribution < -0.4 is 0 Å². The first-order chi connectivity index (χ1) is 6.49. The maximum Gasteiger partial charge on any atom is 0.0221 e. The largest absolute Gasteiger partial charge is 0.298 e. The fourth-order valence-electron chi connectivity index (χ4n) is 2.31. The van der Waals surface area contributed by atoms with Crippen LogP contribution in [-0.2, 0) is 0 Å². The maximum atomic E-state index is 2.62. The summed E-state index contributed by atoms with van der Waals surface area (Å²) in [5.74, 6) is 0. The van der Waals surface area contributed by atoms with Crippen LogP contribution in [0.5, 0.6) is 0 Å². The van der Waals surface area contributed by atoms with Crippen molar-refractivity contribution in [3.05, 3.63) is 0 Å². The lowest BCUT2D eigenvalue weighted by molar-refractivity contribution is 0.0234. The summed E-state index contributed by atoms with van der Waals surface area (Å²) >= 11 is 0. The SMILES string of the molecule is CCC1CN(C(C)(C)C)CCN1CC. The van der Waals surface area contributed by atoms with Crippen molar-refractivity contribution in [1.29, 1.82) is 0 Å². The molecule has 2 nitrogen and oxygen atoms in total. The van der Waals surface area contributed by atoms with Gasteiger partial charge in [0.2, 0.25) is 0 Å². The molecule has 0 aromatic heterocycles. The Bertz CT molecular complexity index is 172. The van der Waals surface area contributed by atoms with E-state index in [1.807, 2.05) is 0 Å². The molecule has 1 unspecified atom stereocenters. The highest BCUT2D eigenvalue weighted by Gasteiger charge is 2.30.